The van der Waals surface area contributed by atoms with E-state index in [4.69, 9.17) is 9.53 Å². The molecule has 0 spiro atoms. The van der Waals surface area contributed by atoms with Crippen LogP contribution in [0.2, 0.25) is 16.6 Å². The summed E-state index contributed by atoms with van der Waals surface area (Å²) in [6.45, 7) is 14.6. The molecule has 0 unspecified atom stereocenters. The van der Waals surface area contributed by atoms with Gasteiger partial charge in [-0.05, 0) is 23.5 Å². The molecule has 1 atom stereocenters. The standard InChI is InChI=1S/C12H26O3Si/c1-8(2)16(9(3)4,10(5)6)15-11(7)12(13)14/h8-11H,1-7H3,(H,13,14)/t11-/m0/s1. The van der Waals surface area contributed by atoms with Gasteiger partial charge in [0.15, 0.2) is 0 Å². The van der Waals surface area contributed by atoms with Gasteiger partial charge in [0.2, 0.25) is 8.32 Å². The first-order chi connectivity index (χ1) is 7.16. The van der Waals surface area contributed by atoms with Crippen molar-refractivity contribution in [2.45, 2.75) is 71.2 Å². The number of rotatable bonds is 6. The monoisotopic (exact) mass is 246 g/mol. The maximum absolute atomic E-state index is 10.9. The van der Waals surface area contributed by atoms with E-state index in [1.54, 1.807) is 6.92 Å². The van der Waals surface area contributed by atoms with E-state index in [9.17, 15) is 4.79 Å². The lowest BCUT2D eigenvalue weighted by Crippen LogP contribution is -2.51. The third-order valence-electron chi connectivity index (χ3n) is 3.44. The third kappa shape index (κ3) is 3.07. The van der Waals surface area contributed by atoms with Crippen molar-refractivity contribution in [3.8, 4) is 0 Å². The van der Waals surface area contributed by atoms with Crippen molar-refractivity contribution in [3.05, 3.63) is 0 Å². The Bertz CT molecular complexity index is 215. The second-order valence-corrected chi connectivity index (χ2v) is 10.8. The van der Waals surface area contributed by atoms with E-state index in [0.717, 1.165) is 0 Å². The molecule has 0 fully saturated rings. The van der Waals surface area contributed by atoms with Gasteiger partial charge in [0.05, 0.1) is 0 Å². The predicted octanol–water partition coefficient (Wildman–Crippen LogP) is 3.65. The molecule has 0 saturated carbocycles. The largest absolute Gasteiger partial charge is 0.479 e. The molecule has 0 radical (unpaired) electrons. The molecule has 0 heterocycles. The second-order valence-electron chi connectivity index (χ2n) is 5.42. The van der Waals surface area contributed by atoms with Gasteiger partial charge in [-0.1, -0.05) is 41.5 Å². The van der Waals surface area contributed by atoms with E-state index < -0.39 is 20.4 Å². The summed E-state index contributed by atoms with van der Waals surface area (Å²) in [6, 6.07) is 0. The van der Waals surface area contributed by atoms with Crippen molar-refractivity contribution in [2.24, 2.45) is 0 Å². The normalized spacial score (nSPS) is 14.9. The van der Waals surface area contributed by atoms with Gasteiger partial charge in [-0.15, -0.1) is 0 Å². The number of hydrogen-bond acceptors (Lipinski definition) is 2. The molecule has 0 aliphatic heterocycles. The van der Waals surface area contributed by atoms with E-state index >= 15 is 0 Å². The van der Waals surface area contributed by atoms with Crippen LogP contribution in [0, 0.1) is 0 Å². The molecule has 1 N–H and O–H groups in total. The van der Waals surface area contributed by atoms with Crippen LogP contribution in [0.3, 0.4) is 0 Å². The number of carbonyl (C=O) groups is 1. The van der Waals surface area contributed by atoms with Crippen LogP contribution in [0.4, 0.5) is 0 Å². The lowest BCUT2D eigenvalue weighted by molar-refractivity contribution is -0.144. The smallest absolute Gasteiger partial charge is 0.331 e. The maximum Gasteiger partial charge on any atom is 0.331 e. The highest BCUT2D eigenvalue weighted by molar-refractivity contribution is 6.77. The first-order valence-electron chi connectivity index (χ1n) is 6.06. The zero-order chi connectivity index (χ0) is 13.1. The number of carboxylic acids is 1. The van der Waals surface area contributed by atoms with E-state index in [2.05, 4.69) is 41.5 Å². The third-order valence-corrected chi connectivity index (χ3v) is 9.61. The molecule has 0 aromatic heterocycles. The van der Waals surface area contributed by atoms with E-state index in [-0.39, 0.29) is 0 Å². The Morgan fingerprint density at radius 1 is 0.938 bits per heavy atom. The van der Waals surface area contributed by atoms with Crippen molar-refractivity contribution in [3.63, 3.8) is 0 Å². The van der Waals surface area contributed by atoms with E-state index in [1.165, 1.54) is 0 Å². The van der Waals surface area contributed by atoms with E-state index in [0.29, 0.717) is 16.6 Å². The Kier molecular flexibility index (Phi) is 5.69. The van der Waals surface area contributed by atoms with Crippen LogP contribution in [-0.4, -0.2) is 25.5 Å². The Labute approximate surface area is 100 Å². The summed E-state index contributed by atoms with van der Waals surface area (Å²) in [7, 11) is -2.03. The molecule has 0 aromatic carbocycles. The Morgan fingerprint density at radius 2 is 1.25 bits per heavy atom. The van der Waals surface area contributed by atoms with Crippen molar-refractivity contribution >= 4 is 14.3 Å². The first kappa shape index (κ1) is 15.6. The Balaban J connectivity index is 5.13. The van der Waals surface area contributed by atoms with Crippen LogP contribution in [0.15, 0.2) is 0 Å². The fourth-order valence-corrected chi connectivity index (χ4v) is 8.29. The van der Waals surface area contributed by atoms with Gasteiger partial charge >= 0.3 is 5.97 Å². The van der Waals surface area contributed by atoms with Crippen LogP contribution in [0.25, 0.3) is 0 Å². The molecule has 0 aromatic rings. The Hall–Kier alpha value is -0.353. The van der Waals surface area contributed by atoms with Gasteiger partial charge in [-0.3, -0.25) is 0 Å². The average molecular weight is 246 g/mol. The number of carboxylic acid groups (broad SMARTS) is 1. The highest BCUT2D eigenvalue weighted by atomic mass is 28.4. The molecular formula is C12H26O3Si. The number of aliphatic carboxylic acids is 1. The minimum atomic E-state index is -2.03. The van der Waals surface area contributed by atoms with Crippen LogP contribution in [0.1, 0.15) is 48.5 Å². The lowest BCUT2D eigenvalue weighted by atomic mass is 10.4. The van der Waals surface area contributed by atoms with E-state index in [1.807, 2.05) is 0 Å². The number of hydrogen-bond donors (Lipinski definition) is 1. The van der Waals surface area contributed by atoms with Gasteiger partial charge in [-0.2, -0.15) is 0 Å². The Morgan fingerprint density at radius 3 is 1.44 bits per heavy atom. The maximum atomic E-state index is 10.9. The fraction of sp³-hybridized carbons (Fsp3) is 0.917. The van der Waals surface area contributed by atoms with Crippen LogP contribution < -0.4 is 0 Å². The van der Waals surface area contributed by atoms with Crippen molar-refractivity contribution < 1.29 is 14.3 Å². The summed E-state index contributed by atoms with van der Waals surface area (Å²) in [5.74, 6) is -0.862. The molecule has 3 nitrogen and oxygen atoms in total. The zero-order valence-electron chi connectivity index (χ0n) is 11.6. The molecule has 96 valence electrons. The minimum Gasteiger partial charge on any atom is -0.479 e. The highest BCUT2D eigenvalue weighted by Gasteiger charge is 2.46. The quantitative estimate of drug-likeness (QED) is 0.728. The predicted molar refractivity (Wildman–Crippen MR) is 69.2 cm³/mol. The van der Waals surface area contributed by atoms with Gasteiger partial charge in [0.1, 0.15) is 6.10 Å². The topological polar surface area (TPSA) is 46.5 Å². The molecule has 0 bridgehead atoms. The molecular weight excluding hydrogens is 220 g/mol. The fourth-order valence-electron chi connectivity index (χ4n) is 2.76. The van der Waals surface area contributed by atoms with Crippen LogP contribution in [0.5, 0.6) is 0 Å². The summed E-state index contributed by atoms with van der Waals surface area (Å²) in [6.07, 6.45) is -0.695. The van der Waals surface area contributed by atoms with Gasteiger partial charge < -0.3 is 9.53 Å². The molecule has 0 saturated heterocycles. The molecule has 16 heavy (non-hydrogen) atoms. The van der Waals surface area contributed by atoms with Gasteiger partial charge in [0, 0.05) is 0 Å². The SMILES string of the molecule is CC(C)[Si](O[C@@H](C)C(=O)O)(C(C)C)C(C)C. The highest BCUT2D eigenvalue weighted by Crippen LogP contribution is 2.42. The van der Waals surface area contributed by atoms with Gasteiger partial charge in [-0.25, -0.2) is 4.79 Å². The molecule has 0 rings (SSSR count). The average Bonchev–Trinajstić information content (AvgIpc) is 2.11. The summed E-state index contributed by atoms with van der Waals surface area (Å²) >= 11 is 0. The van der Waals surface area contributed by atoms with Crippen LogP contribution >= 0.6 is 0 Å². The van der Waals surface area contributed by atoms with Gasteiger partial charge in [0.25, 0.3) is 0 Å². The summed E-state index contributed by atoms with van der Waals surface area (Å²) in [5.41, 5.74) is 1.28. The summed E-state index contributed by atoms with van der Waals surface area (Å²) in [5, 5.41) is 8.99. The molecule has 0 aliphatic carbocycles. The van der Waals surface area contributed by atoms with Crippen molar-refractivity contribution in [2.75, 3.05) is 0 Å². The minimum absolute atomic E-state index is 0.425. The summed E-state index contributed by atoms with van der Waals surface area (Å²) < 4.78 is 6.02. The first-order valence-corrected chi connectivity index (χ1v) is 8.20. The lowest BCUT2D eigenvalue weighted by Gasteiger charge is -2.43. The molecule has 4 heteroatoms. The van der Waals surface area contributed by atoms with Crippen LogP contribution in [-0.2, 0) is 9.22 Å². The van der Waals surface area contributed by atoms with Crippen molar-refractivity contribution in [1.82, 2.24) is 0 Å². The second kappa shape index (κ2) is 5.82. The van der Waals surface area contributed by atoms with Crippen molar-refractivity contribution in [1.29, 1.82) is 0 Å². The molecule has 0 amide bonds. The molecule has 0 aliphatic rings. The summed E-state index contributed by atoms with van der Waals surface area (Å²) in [4.78, 5) is 10.9. The zero-order valence-corrected chi connectivity index (χ0v) is 12.6.